The Morgan fingerprint density at radius 3 is 3.00 bits per heavy atom. The van der Waals surface area contributed by atoms with Crippen molar-refractivity contribution < 1.29 is 0 Å². The van der Waals surface area contributed by atoms with E-state index in [2.05, 4.69) is 0 Å². The van der Waals surface area contributed by atoms with Crippen LogP contribution < -0.4 is 5.19 Å². The minimum absolute atomic E-state index is 0.553. The Morgan fingerprint density at radius 1 is 1.62 bits per heavy atom. The predicted molar refractivity (Wildman–Crippen MR) is 40.8 cm³/mol. The van der Waals surface area contributed by atoms with Crippen LogP contribution in [0.15, 0.2) is 24.3 Å². The number of aryl methyl sites for hydroxylation is 1. The van der Waals surface area contributed by atoms with Crippen molar-refractivity contribution in [2.75, 3.05) is 0 Å². The third kappa shape index (κ3) is 1.20. The molecule has 1 aromatic rings. The summed E-state index contributed by atoms with van der Waals surface area (Å²) in [4.78, 5) is 0. The topological polar surface area (TPSA) is 0 Å². The van der Waals surface area contributed by atoms with Crippen molar-refractivity contribution in [2.45, 2.75) is 6.92 Å². The molecule has 0 aromatic heterocycles. The number of rotatable bonds is 1. The molecule has 0 unspecified atom stereocenters. The Bertz CT molecular complexity index is 254. The van der Waals surface area contributed by atoms with E-state index in [0.29, 0.717) is 5.19 Å². The average Bonchev–Trinajstić information content (AvgIpc) is 1.86. The molecule has 0 heterocycles. The Hall–Kier alpha value is -0.563. The molecule has 1 heteroatoms. The molecule has 1 aromatic carbocycles. The van der Waals surface area contributed by atoms with Gasteiger partial charge < -0.3 is 0 Å². The summed E-state index contributed by atoms with van der Waals surface area (Å²) in [6.07, 6.45) is 0. The van der Waals surface area contributed by atoms with Crippen molar-refractivity contribution in [3.05, 3.63) is 29.8 Å². The first-order valence-electron chi connectivity index (χ1n) is 4.07. The summed E-state index contributed by atoms with van der Waals surface area (Å²) in [6, 6.07) is 7.14. The first kappa shape index (κ1) is 2.83. The standard InChI is InChI=1S/C7H10Si/c1-6-3-2-4-7(8)5-6/h2-5H,1,8H3/i8T3. The molecule has 0 radical (unpaired) electrons. The monoisotopic (exact) mass is 128 g/mol. The van der Waals surface area contributed by atoms with Crippen molar-refractivity contribution in [3.63, 3.8) is 0 Å². The van der Waals surface area contributed by atoms with E-state index < -0.39 is 10.0 Å². The zero-order chi connectivity index (χ0) is 8.48. The highest BCUT2D eigenvalue weighted by atomic mass is 28.1. The van der Waals surface area contributed by atoms with E-state index in [4.69, 9.17) is 3.70 Å². The van der Waals surface area contributed by atoms with E-state index in [1.54, 1.807) is 18.2 Å². The maximum Gasteiger partial charge on any atom is 0.0385 e. The molecule has 0 aliphatic rings. The second-order valence-electron chi connectivity index (χ2n) is 1.87. The maximum atomic E-state index is 7.24. The highest BCUT2D eigenvalue weighted by Gasteiger charge is 1.80. The highest BCUT2D eigenvalue weighted by Crippen LogP contribution is 1.89. The zero-order valence-corrected chi connectivity index (χ0v) is 5.81. The van der Waals surface area contributed by atoms with Gasteiger partial charge in [-0.25, -0.2) is 0 Å². The first-order valence-corrected chi connectivity index (χ1v) is 3.07. The summed E-state index contributed by atoms with van der Waals surface area (Å²) in [5.41, 5.74) is 1.02. The molecule has 0 atom stereocenters. The van der Waals surface area contributed by atoms with E-state index >= 15 is 0 Å². The molecule has 0 saturated carbocycles. The lowest BCUT2D eigenvalue weighted by Gasteiger charge is -1.90. The van der Waals surface area contributed by atoms with Crippen LogP contribution in [0, 0.1) is 6.92 Å². The third-order valence-electron chi connectivity index (χ3n) is 1.02. The number of hydrogen-bond acceptors (Lipinski definition) is 0. The molecular weight excluding hydrogens is 112 g/mol. The highest BCUT2D eigenvalue weighted by molar-refractivity contribution is 6.32. The third-order valence-corrected chi connectivity index (χ3v) is 1.33. The average molecular weight is 128 g/mol. The Balaban J connectivity index is 3.06. The fourth-order valence-electron chi connectivity index (χ4n) is 0.645. The van der Waals surface area contributed by atoms with Gasteiger partial charge in [-0.2, -0.15) is 0 Å². The van der Waals surface area contributed by atoms with Crippen LogP contribution in [0.1, 0.15) is 5.56 Å². The van der Waals surface area contributed by atoms with Gasteiger partial charge in [-0.3, -0.25) is 0 Å². The summed E-state index contributed by atoms with van der Waals surface area (Å²) >= 11 is 0. The van der Waals surface area contributed by atoms with Crippen molar-refractivity contribution in [3.8, 4) is 0 Å². The number of hydrogen-bond donors (Lipinski definition) is 0. The lowest BCUT2D eigenvalue weighted by Crippen LogP contribution is -1.99. The molecule has 0 bridgehead atoms. The molecule has 0 aliphatic heterocycles. The fourth-order valence-corrected chi connectivity index (χ4v) is 0.969. The number of benzene rings is 1. The van der Waals surface area contributed by atoms with Gasteiger partial charge in [0.1, 0.15) is 0 Å². The molecule has 0 aliphatic carbocycles. The van der Waals surface area contributed by atoms with Gasteiger partial charge in [0.05, 0.1) is 0 Å². The van der Waals surface area contributed by atoms with Crippen molar-refractivity contribution in [1.29, 1.82) is 3.70 Å². The summed E-state index contributed by atoms with van der Waals surface area (Å²) in [5.74, 6) is 0. The van der Waals surface area contributed by atoms with Crippen LogP contribution in [0.2, 0.25) is 0 Å². The Kier molecular flexibility index (Phi) is 0.755. The van der Waals surface area contributed by atoms with Gasteiger partial charge in [-0.1, -0.05) is 35.0 Å². The van der Waals surface area contributed by atoms with Gasteiger partial charge in [0.25, 0.3) is 0 Å². The molecule has 0 saturated heterocycles. The van der Waals surface area contributed by atoms with Crippen LogP contribution in [0.3, 0.4) is 0 Å². The molecule has 0 N–H and O–H groups in total. The van der Waals surface area contributed by atoms with E-state index in [1.807, 2.05) is 13.0 Å². The molecule has 0 spiro atoms. The fraction of sp³-hybridized carbons (Fsp3) is 0.143. The summed E-state index contributed by atoms with van der Waals surface area (Å²) in [7, 11) is -3.31. The van der Waals surface area contributed by atoms with Gasteiger partial charge in [0.15, 0.2) is 0 Å². The predicted octanol–water partition coefficient (Wildman–Crippen LogP) is -0.0143. The zero-order valence-electron chi connectivity index (χ0n) is 7.81. The van der Waals surface area contributed by atoms with E-state index in [0.717, 1.165) is 5.56 Å². The minimum Gasteiger partial charge on any atom is -0.0705 e. The van der Waals surface area contributed by atoms with Crippen molar-refractivity contribution >= 4 is 15.2 Å². The molecule has 0 fully saturated rings. The second kappa shape index (κ2) is 2.14. The SMILES string of the molecule is [3H][Si]([3H])([3H])c1cccc(C)c1. The lowest BCUT2D eigenvalue weighted by molar-refractivity contribution is 1.50. The maximum absolute atomic E-state index is 7.24. The Labute approximate surface area is 56.6 Å². The van der Waals surface area contributed by atoms with Crippen molar-refractivity contribution in [1.82, 2.24) is 0 Å². The van der Waals surface area contributed by atoms with Gasteiger partial charge in [0.2, 0.25) is 0 Å². The summed E-state index contributed by atoms with van der Waals surface area (Å²) in [5, 5.41) is 0.553. The Morgan fingerprint density at radius 2 is 2.50 bits per heavy atom. The normalized spacial score (nSPS) is 16.4. The molecule has 0 nitrogen and oxygen atoms in total. The van der Waals surface area contributed by atoms with E-state index in [1.165, 1.54) is 0 Å². The largest absolute Gasteiger partial charge is 0.0705 e. The van der Waals surface area contributed by atoms with Crippen LogP contribution in [0.4, 0.5) is 0 Å². The van der Waals surface area contributed by atoms with Crippen LogP contribution in [0.25, 0.3) is 0 Å². The quantitative estimate of drug-likeness (QED) is 0.467. The summed E-state index contributed by atoms with van der Waals surface area (Å²) in [6.45, 7) is 1.91. The van der Waals surface area contributed by atoms with Gasteiger partial charge >= 0.3 is 0 Å². The molecular formula is C7H10Si. The minimum atomic E-state index is -3.31. The van der Waals surface area contributed by atoms with Crippen LogP contribution in [-0.2, 0) is 0 Å². The first-order chi connectivity index (χ1) is 5.00. The van der Waals surface area contributed by atoms with Crippen LogP contribution in [0.5, 0.6) is 0 Å². The van der Waals surface area contributed by atoms with E-state index in [-0.39, 0.29) is 0 Å². The van der Waals surface area contributed by atoms with Crippen LogP contribution in [-0.4, -0.2) is 13.7 Å². The van der Waals surface area contributed by atoms with Gasteiger partial charge in [0, 0.05) is 13.7 Å². The van der Waals surface area contributed by atoms with Crippen LogP contribution >= 0.6 is 0 Å². The van der Waals surface area contributed by atoms with E-state index in [9.17, 15) is 0 Å². The van der Waals surface area contributed by atoms with Gasteiger partial charge in [-0.15, -0.1) is 0 Å². The molecule has 1 rings (SSSR count). The smallest absolute Gasteiger partial charge is 0.0385 e. The molecule has 42 valence electrons. The lowest BCUT2D eigenvalue weighted by atomic mass is 10.2. The van der Waals surface area contributed by atoms with Gasteiger partial charge in [-0.05, 0) is 6.92 Å². The summed E-state index contributed by atoms with van der Waals surface area (Å²) < 4.78 is 21.7. The second-order valence-corrected chi connectivity index (χ2v) is 2.45. The molecule has 0 amide bonds. The molecule has 8 heavy (non-hydrogen) atoms. The van der Waals surface area contributed by atoms with Crippen molar-refractivity contribution in [2.24, 2.45) is 0 Å².